The molecule has 2 N–H and O–H groups in total. The number of carbonyl (C=O) groups is 1. The monoisotopic (exact) mass is 402 g/mol. The molecule has 0 fully saturated rings. The molecule has 2 aromatic carbocycles. The largest absolute Gasteiger partial charge is 0.494 e. The molecular weight excluding hydrogens is 384 g/mol. The number of ether oxygens (including phenoxy) is 1. The van der Waals surface area contributed by atoms with Gasteiger partial charge < -0.3 is 10.1 Å². The molecule has 0 spiro atoms. The first-order valence-corrected chi connectivity index (χ1v) is 10.4. The van der Waals surface area contributed by atoms with E-state index in [4.69, 9.17) is 4.74 Å². The number of anilines is 2. The lowest BCUT2D eigenvalue weighted by Gasteiger charge is -2.15. The molecule has 0 aliphatic heterocycles. The molecule has 6 nitrogen and oxygen atoms in total. The first-order chi connectivity index (χ1) is 12.9. The van der Waals surface area contributed by atoms with E-state index in [0.29, 0.717) is 28.3 Å². The van der Waals surface area contributed by atoms with Gasteiger partial charge in [-0.2, -0.15) is 0 Å². The molecule has 3 rings (SSSR count). The maximum Gasteiger partial charge on any atom is 0.271 e. The second-order valence-electron chi connectivity index (χ2n) is 5.73. The summed E-state index contributed by atoms with van der Waals surface area (Å²) in [6.07, 6.45) is 0. The van der Waals surface area contributed by atoms with Gasteiger partial charge in [-0.3, -0.25) is 9.52 Å². The number of aryl methyl sites for hydroxylation is 1. The van der Waals surface area contributed by atoms with Crippen LogP contribution >= 0.6 is 11.3 Å². The summed E-state index contributed by atoms with van der Waals surface area (Å²) >= 11 is 1.13. The van der Waals surface area contributed by atoms with Crippen LogP contribution in [0.15, 0.2) is 64.2 Å². The Hall–Kier alpha value is -2.84. The third kappa shape index (κ3) is 4.29. The lowest BCUT2D eigenvalue weighted by Crippen LogP contribution is -2.15. The van der Waals surface area contributed by atoms with Crippen LogP contribution in [0.4, 0.5) is 11.4 Å². The van der Waals surface area contributed by atoms with Gasteiger partial charge in [0.15, 0.2) is 0 Å². The van der Waals surface area contributed by atoms with E-state index < -0.39 is 10.0 Å². The van der Waals surface area contributed by atoms with Gasteiger partial charge in [0.05, 0.1) is 12.8 Å². The number of methoxy groups -OCH3 is 1. The molecule has 0 aliphatic carbocycles. The molecule has 27 heavy (non-hydrogen) atoms. The van der Waals surface area contributed by atoms with E-state index in [1.165, 1.54) is 13.2 Å². The van der Waals surface area contributed by atoms with E-state index >= 15 is 0 Å². The number of benzene rings is 2. The topological polar surface area (TPSA) is 84.5 Å². The normalized spacial score (nSPS) is 11.0. The van der Waals surface area contributed by atoms with Crippen molar-refractivity contribution in [3.05, 3.63) is 71.1 Å². The Bertz CT molecular complexity index is 1050. The number of nitrogens with one attached hydrogen (secondary N) is 2. The van der Waals surface area contributed by atoms with Crippen molar-refractivity contribution in [3.63, 3.8) is 0 Å². The van der Waals surface area contributed by atoms with Crippen LogP contribution in [-0.2, 0) is 10.0 Å². The maximum atomic E-state index is 12.5. The predicted molar refractivity (Wildman–Crippen MR) is 107 cm³/mol. The molecule has 0 aliphatic rings. The number of amides is 1. The summed E-state index contributed by atoms with van der Waals surface area (Å²) in [6, 6.07) is 15.3. The second kappa shape index (κ2) is 7.81. The molecule has 1 amide bonds. The van der Waals surface area contributed by atoms with Crippen LogP contribution in [0, 0.1) is 6.92 Å². The van der Waals surface area contributed by atoms with Crippen LogP contribution in [0.2, 0.25) is 0 Å². The van der Waals surface area contributed by atoms with Gasteiger partial charge >= 0.3 is 0 Å². The summed E-state index contributed by atoms with van der Waals surface area (Å²) in [6.45, 7) is 1.78. The molecule has 0 radical (unpaired) electrons. The molecule has 0 bridgehead atoms. The van der Waals surface area contributed by atoms with Crippen LogP contribution in [0.3, 0.4) is 0 Å². The molecule has 140 valence electrons. The molecule has 0 unspecified atom stereocenters. The van der Waals surface area contributed by atoms with Crippen molar-refractivity contribution < 1.29 is 17.9 Å². The fraction of sp³-hybridized carbons (Fsp3) is 0.105. The third-order valence-electron chi connectivity index (χ3n) is 3.83. The molecule has 0 saturated carbocycles. The molecule has 0 atom stereocenters. The van der Waals surface area contributed by atoms with Crippen LogP contribution in [0.5, 0.6) is 5.75 Å². The van der Waals surface area contributed by atoms with E-state index in [1.54, 1.807) is 54.8 Å². The standard InChI is InChI=1S/C19H18N2O4S2/c1-13-11-16(21-27(23,24)18-9-6-10-26-18)17(25-2)12-15(13)20-19(22)14-7-4-3-5-8-14/h3-12,21H,1-2H3,(H,20,22). The predicted octanol–water partition coefficient (Wildman–Crippen LogP) is 4.12. The summed E-state index contributed by atoms with van der Waals surface area (Å²) in [4.78, 5) is 12.4. The Morgan fingerprint density at radius 3 is 2.41 bits per heavy atom. The number of sulfonamides is 1. The van der Waals surface area contributed by atoms with Crippen LogP contribution in [0.1, 0.15) is 15.9 Å². The van der Waals surface area contributed by atoms with Crippen molar-refractivity contribution in [1.29, 1.82) is 0 Å². The van der Waals surface area contributed by atoms with Gasteiger partial charge in [-0.15, -0.1) is 11.3 Å². The maximum absolute atomic E-state index is 12.5. The van der Waals surface area contributed by atoms with Gasteiger partial charge in [0.2, 0.25) is 0 Å². The van der Waals surface area contributed by atoms with Crippen molar-refractivity contribution in [1.82, 2.24) is 0 Å². The Balaban J connectivity index is 1.88. The van der Waals surface area contributed by atoms with Gasteiger partial charge in [-0.1, -0.05) is 24.3 Å². The number of hydrogen-bond acceptors (Lipinski definition) is 5. The summed E-state index contributed by atoms with van der Waals surface area (Å²) in [5.74, 6) is 0.0526. The van der Waals surface area contributed by atoms with E-state index in [0.717, 1.165) is 11.3 Å². The van der Waals surface area contributed by atoms with Crippen molar-refractivity contribution in [2.24, 2.45) is 0 Å². The Morgan fingerprint density at radius 1 is 1.04 bits per heavy atom. The van der Waals surface area contributed by atoms with E-state index in [9.17, 15) is 13.2 Å². The van der Waals surface area contributed by atoms with Gasteiger partial charge in [-0.25, -0.2) is 8.42 Å². The zero-order valence-corrected chi connectivity index (χ0v) is 16.4. The van der Waals surface area contributed by atoms with E-state index in [-0.39, 0.29) is 10.1 Å². The van der Waals surface area contributed by atoms with Gasteiger partial charge in [0.25, 0.3) is 15.9 Å². The molecule has 3 aromatic rings. The Kier molecular flexibility index (Phi) is 5.48. The molecular formula is C19H18N2O4S2. The van der Waals surface area contributed by atoms with Crippen LogP contribution < -0.4 is 14.8 Å². The van der Waals surface area contributed by atoms with Crippen molar-refractivity contribution in [2.45, 2.75) is 11.1 Å². The van der Waals surface area contributed by atoms with Crippen LogP contribution in [0.25, 0.3) is 0 Å². The smallest absolute Gasteiger partial charge is 0.271 e. The summed E-state index contributed by atoms with van der Waals surface area (Å²) in [7, 11) is -2.26. The highest BCUT2D eigenvalue weighted by Gasteiger charge is 2.19. The number of carbonyl (C=O) groups excluding carboxylic acids is 1. The molecule has 8 heteroatoms. The SMILES string of the molecule is COc1cc(NC(=O)c2ccccc2)c(C)cc1NS(=O)(=O)c1cccs1. The average molecular weight is 402 g/mol. The second-order valence-corrected chi connectivity index (χ2v) is 8.58. The number of rotatable bonds is 6. The summed E-state index contributed by atoms with van der Waals surface area (Å²) < 4.78 is 33.0. The highest BCUT2D eigenvalue weighted by Crippen LogP contribution is 2.33. The average Bonchev–Trinajstić information content (AvgIpc) is 3.20. The fourth-order valence-corrected chi connectivity index (χ4v) is 4.52. The van der Waals surface area contributed by atoms with Crippen LogP contribution in [-0.4, -0.2) is 21.4 Å². The highest BCUT2D eigenvalue weighted by atomic mass is 32.2. The number of hydrogen-bond donors (Lipinski definition) is 2. The van der Waals surface area contributed by atoms with Gasteiger partial charge in [0, 0.05) is 17.3 Å². The quantitative estimate of drug-likeness (QED) is 0.650. The third-order valence-corrected chi connectivity index (χ3v) is 6.60. The lowest BCUT2D eigenvalue weighted by atomic mass is 10.1. The minimum atomic E-state index is -3.70. The van der Waals surface area contributed by atoms with Gasteiger partial charge in [0.1, 0.15) is 9.96 Å². The molecule has 1 aromatic heterocycles. The van der Waals surface area contributed by atoms with Crippen molar-refractivity contribution >= 4 is 38.6 Å². The first kappa shape index (κ1) is 18.9. The first-order valence-electron chi connectivity index (χ1n) is 8.02. The summed E-state index contributed by atoms with van der Waals surface area (Å²) in [5.41, 5.74) is 2.07. The molecule has 1 heterocycles. The molecule has 0 saturated heterocycles. The number of thiophene rings is 1. The lowest BCUT2D eigenvalue weighted by molar-refractivity contribution is 0.102. The zero-order valence-electron chi connectivity index (χ0n) is 14.7. The van der Waals surface area contributed by atoms with E-state index in [2.05, 4.69) is 10.0 Å². The van der Waals surface area contributed by atoms with Gasteiger partial charge in [-0.05, 0) is 42.1 Å². The van der Waals surface area contributed by atoms with Crippen molar-refractivity contribution in [3.8, 4) is 5.75 Å². The minimum Gasteiger partial charge on any atom is -0.494 e. The van der Waals surface area contributed by atoms with E-state index in [1.807, 2.05) is 6.07 Å². The Morgan fingerprint density at radius 2 is 1.78 bits per heavy atom. The highest BCUT2D eigenvalue weighted by molar-refractivity contribution is 7.94. The zero-order chi connectivity index (χ0) is 19.4. The Labute approximate surface area is 161 Å². The fourth-order valence-electron chi connectivity index (χ4n) is 2.47. The minimum absolute atomic E-state index is 0.212. The van der Waals surface area contributed by atoms with Crippen molar-refractivity contribution in [2.75, 3.05) is 17.1 Å². The summed E-state index contributed by atoms with van der Waals surface area (Å²) in [5, 5.41) is 4.52.